The third-order valence-corrected chi connectivity index (χ3v) is 2.34. The molecule has 2 nitrogen and oxygen atoms in total. The number of aliphatic hydroxyl groups excluding tert-OH is 1. The van der Waals surface area contributed by atoms with Crippen LogP contribution in [0.3, 0.4) is 0 Å². The fourth-order valence-corrected chi connectivity index (χ4v) is 1.24. The number of aryl methyl sites for hydroxylation is 1. The first-order chi connectivity index (χ1) is 6.61. The summed E-state index contributed by atoms with van der Waals surface area (Å²) in [5, 5.41) is 9.54. The third kappa shape index (κ3) is 3.07. The van der Waals surface area contributed by atoms with Crippen LogP contribution in [0.25, 0.3) is 0 Å². The number of rotatable bonds is 4. The lowest BCUT2D eigenvalue weighted by molar-refractivity contribution is 0.116. The van der Waals surface area contributed by atoms with E-state index >= 15 is 0 Å². The molecule has 0 aliphatic rings. The summed E-state index contributed by atoms with van der Waals surface area (Å²) in [7, 11) is 0. The maximum Gasteiger partial charge on any atom is 0.144 e. The molecule has 0 aliphatic carbocycles. The fourth-order valence-electron chi connectivity index (χ4n) is 1.24. The molecule has 1 rings (SSSR count). The van der Waals surface area contributed by atoms with Crippen LogP contribution in [0.1, 0.15) is 25.8 Å². The minimum atomic E-state index is -0.359. The van der Waals surface area contributed by atoms with Crippen molar-refractivity contribution >= 4 is 0 Å². The molecular weight excluding hydrogens is 181 g/mol. The Morgan fingerprint density at radius 1 is 1.50 bits per heavy atom. The van der Waals surface area contributed by atoms with Crippen molar-refractivity contribution in [1.82, 2.24) is 4.98 Å². The average molecular weight is 197 g/mol. The Bertz CT molecular complexity index is 288. The van der Waals surface area contributed by atoms with Crippen molar-refractivity contribution in [1.29, 1.82) is 0 Å². The van der Waals surface area contributed by atoms with Gasteiger partial charge in [0.05, 0.1) is 12.3 Å². The van der Waals surface area contributed by atoms with Crippen LogP contribution < -0.4 is 0 Å². The molecule has 14 heavy (non-hydrogen) atoms. The Kier molecular flexibility index (Phi) is 4.01. The molecule has 78 valence electrons. The molecule has 0 aliphatic heterocycles. The van der Waals surface area contributed by atoms with Gasteiger partial charge in [0.1, 0.15) is 5.82 Å². The smallest absolute Gasteiger partial charge is 0.144 e. The summed E-state index contributed by atoms with van der Waals surface area (Å²) in [6, 6.07) is 1.66. The number of pyridine rings is 1. The second-order valence-electron chi connectivity index (χ2n) is 3.82. The monoisotopic (exact) mass is 197 g/mol. The first-order valence-electron chi connectivity index (χ1n) is 4.87. The number of nitrogens with zero attached hydrogens (tertiary/aromatic N) is 1. The second kappa shape index (κ2) is 5.05. The van der Waals surface area contributed by atoms with Crippen molar-refractivity contribution in [3.63, 3.8) is 0 Å². The van der Waals surface area contributed by atoms with Crippen molar-refractivity contribution < 1.29 is 9.50 Å². The van der Waals surface area contributed by atoms with Crippen LogP contribution >= 0.6 is 0 Å². The van der Waals surface area contributed by atoms with Gasteiger partial charge in [0.25, 0.3) is 0 Å². The molecular formula is C11H16FNO. The van der Waals surface area contributed by atoms with Gasteiger partial charge >= 0.3 is 0 Å². The van der Waals surface area contributed by atoms with E-state index in [-0.39, 0.29) is 17.8 Å². The number of hydrogen-bond donors (Lipinski definition) is 1. The molecule has 0 saturated heterocycles. The molecule has 0 radical (unpaired) electrons. The molecule has 0 saturated carbocycles. The standard InChI is InChI=1S/C11H16FNO/c1-8(2)11(14)4-3-9-5-6-13-7-10(9)12/h5-8,11,14H,3-4H2,1-2H3. The highest BCUT2D eigenvalue weighted by Gasteiger charge is 2.10. The predicted molar refractivity (Wildman–Crippen MR) is 53.4 cm³/mol. The summed E-state index contributed by atoms with van der Waals surface area (Å²) < 4.78 is 13.1. The topological polar surface area (TPSA) is 33.1 Å². The van der Waals surface area contributed by atoms with Crippen molar-refractivity contribution in [2.24, 2.45) is 5.92 Å². The van der Waals surface area contributed by atoms with Crippen LogP contribution in [-0.2, 0) is 6.42 Å². The van der Waals surface area contributed by atoms with E-state index in [0.29, 0.717) is 18.4 Å². The first-order valence-corrected chi connectivity index (χ1v) is 4.87. The van der Waals surface area contributed by atoms with Gasteiger partial charge < -0.3 is 5.11 Å². The Morgan fingerprint density at radius 2 is 2.21 bits per heavy atom. The van der Waals surface area contributed by atoms with E-state index in [1.807, 2.05) is 13.8 Å². The quantitative estimate of drug-likeness (QED) is 0.802. The molecule has 1 aromatic rings. The summed E-state index contributed by atoms with van der Waals surface area (Å²) in [5.41, 5.74) is 0.625. The van der Waals surface area contributed by atoms with Gasteiger partial charge in [-0.05, 0) is 30.4 Å². The van der Waals surface area contributed by atoms with Crippen LogP contribution in [0.15, 0.2) is 18.5 Å². The van der Waals surface area contributed by atoms with E-state index in [0.717, 1.165) is 0 Å². The average Bonchev–Trinajstić information content (AvgIpc) is 2.16. The molecule has 3 heteroatoms. The Hall–Kier alpha value is -0.960. The van der Waals surface area contributed by atoms with Crippen molar-refractivity contribution in [2.45, 2.75) is 32.8 Å². The highest BCUT2D eigenvalue weighted by Crippen LogP contribution is 2.12. The largest absolute Gasteiger partial charge is 0.393 e. The lowest BCUT2D eigenvalue weighted by Gasteiger charge is -2.13. The molecule has 1 heterocycles. The van der Waals surface area contributed by atoms with Gasteiger partial charge in [-0.15, -0.1) is 0 Å². The SMILES string of the molecule is CC(C)C(O)CCc1ccncc1F. The van der Waals surface area contributed by atoms with Crippen LogP contribution in [0.4, 0.5) is 4.39 Å². The Labute approximate surface area is 83.8 Å². The van der Waals surface area contributed by atoms with Crippen molar-refractivity contribution in [2.75, 3.05) is 0 Å². The van der Waals surface area contributed by atoms with Gasteiger partial charge in [0.15, 0.2) is 0 Å². The number of aromatic nitrogens is 1. The molecule has 0 fully saturated rings. The molecule has 0 aromatic carbocycles. The zero-order valence-electron chi connectivity index (χ0n) is 8.57. The summed E-state index contributed by atoms with van der Waals surface area (Å²) in [5.74, 6) is -0.0663. The van der Waals surface area contributed by atoms with Gasteiger partial charge in [0, 0.05) is 6.20 Å². The Balaban J connectivity index is 2.50. The van der Waals surface area contributed by atoms with Crippen LogP contribution in [0, 0.1) is 11.7 Å². The van der Waals surface area contributed by atoms with E-state index in [9.17, 15) is 9.50 Å². The minimum Gasteiger partial charge on any atom is -0.393 e. The van der Waals surface area contributed by atoms with E-state index in [1.165, 1.54) is 6.20 Å². The van der Waals surface area contributed by atoms with Gasteiger partial charge in [-0.2, -0.15) is 0 Å². The normalized spacial score (nSPS) is 13.2. The first kappa shape index (κ1) is 11.1. The molecule has 0 amide bonds. The van der Waals surface area contributed by atoms with Gasteiger partial charge in [-0.1, -0.05) is 13.8 Å². The maximum atomic E-state index is 13.1. The lowest BCUT2D eigenvalue weighted by Crippen LogP contribution is -2.15. The lowest BCUT2D eigenvalue weighted by atomic mass is 10.00. The summed E-state index contributed by atoms with van der Waals surface area (Å²) >= 11 is 0. The fraction of sp³-hybridized carbons (Fsp3) is 0.545. The van der Waals surface area contributed by atoms with Gasteiger partial charge in [-0.3, -0.25) is 4.98 Å². The highest BCUT2D eigenvalue weighted by atomic mass is 19.1. The van der Waals surface area contributed by atoms with Crippen LogP contribution in [0.2, 0.25) is 0 Å². The zero-order valence-corrected chi connectivity index (χ0v) is 8.57. The zero-order chi connectivity index (χ0) is 10.6. The van der Waals surface area contributed by atoms with E-state index in [2.05, 4.69) is 4.98 Å². The molecule has 0 bridgehead atoms. The molecule has 0 spiro atoms. The third-order valence-electron chi connectivity index (χ3n) is 2.34. The van der Waals surface area contributed by atoms with E-state index in [1.54, 1.807) is 12.3 Å². The van der Waals surface area contributed by atoms with Crippen molar-refractivity contribution in [3.05, 3.63) is 29.8 Å². The maximum absolute atomic E-state index is 13.1. The number of hydrogen-bond acceptors (Lipinski definition) is 2. The van der Waals surface area contributed by atoms with E-state index in [4.69, 9.17) is 0 Å². The molecule has 1 atom stereocenters. The summed E-state index contributed by atoms with van der Waals surface area (Å²) in [6.07, 6.45) is 3.58. The number of halogens is 1. The predicted octanol–water partition coefficient (Wildman–Crippen LogP) is 2.17. The second-order valence-corrected chi connectivity index (χ2v) is 3.82. The Morgan fingerprint density at radius 3 is 2.79 bits per heavy atom. The summed E-state index contributed by atoms with van der Waals surface area (Å²) in [4.78, 5) is 3.67. The van der Waals surface area contributed by atoms with E-state index < -0.39 is 0 Å². The van der Waals surface area contributed by atoms with Crippen LogP contribution in [-0.4, -0.2) is 16.2 Å². The summed E-state index contributed by atoms with van der Waals surface area (Å²) in [6.45, 7) is 3.90. The molecule has 1 aromatic heterocycles. The van der Waals surface area contributed by atoms with Gasteiger partial charge in [0.2, 0.25) is 0 Å². The van der Waals surface area contributed by atoms with Crippen molar-refractivity contribution in [3.8, 4) is 0 Å². The van der Waals surface area contributed by atoms with Crippen LogP contribution in [0.5, 0.6) is 0 Å². The minimum absolute atomic E-state index is 0.222. The number of aliphatic hydroxyl groups is 1. The highest BCUT2D eigenvalue weighted by molar-refractivity contribution is 5.12. The molecule has 1 N–H and O–H groups in total. The van der Waals surface area contributed by atoms with Gasteiger partial charge in [-0.25, -0.2) is 4.39 Å². The molecule has 1 unspecified atom stereocenters.